The second-order valence-electron chi connectivity index (χ2n) is 9.21. The monoisotopic (exact) mass is 624 g/mol. The van der Waals surface area contributed by atoms with E-state index in [9.17, 15) is 44.6 Å². The first kappa shape index (κ1) is 35.0. The zero-order chi connectivity index (χ0) is 28.9. The molecular formula is C22H36GaN8O9. The summed E-state index contributed by atoms with van der Waals surface area (Å²) in [4.78, 5) is 68.0. The minimum atomic E-state index is -1.04. The summed E-state index contributed by atoms with van der Waals surface area (Å²) < 4.78 is 1.39. The molecule has 4 N–H and O–H groups in total. The van der Waals surface area contributed by atoms with Crippen LogP contribution in [0.25, 0.3) is 0 Å². The summed E-state index contributed by atoms with van der Waals surface area (Å²) in [7, 11) is 0. The van der Waals surface area contributed by atoms with E-state index in [-0.39, 0.29) is 97.0 Å². The van der Waals surface area contributed by atoms with Gasteiger partial charge in [0.1, 0.15) is 12.7 Å². The fourth-order valence-corrected chi connectivity index (χ4v) is 4.23. The summed E-state index contributed by atoms with van der Waals surface area (Å²) in [5.41, 5.74) is 0. The van der Waals surface area contributed by atoms with E-state index in [1.165, 1.54) is 4.57 Å². The Morgan fingerprint density at radius 3 is 1.55 bits per heavy atom. The van der Waals surface area contributed by atoms with Crippen molar-refractivity contribution in [3.63, 3.8) is 0 Å². The van der Waals surface area contributed by atoms with Crippen LogP contribution in [0.1, 0.15) is 5.82 Å². The number of aliphatic carboxylic acids is 3. The number of carbonyl (C=O) groups is 4. The number of hydrogen-bond acceptors (Lipinski definition) is 11. The molecule has 40 heavy (non-hydrogen) atoms. The number of carboxylic acid groups (broad SMARTS) is 3. The van der Waals surface area contributed by atoms with Crippen molar-refractivity contribution in [1.82, 2.24) is 34.5 Å². The predicted molar refractivity (Wildman–Crippen MR) is 141 cm³/mol. The standard InChI is InChI=1S/C22H36N8O9.Ga/c1-17-24-12-19(30(38)39)29(17)3-2-23-18(31)13-25-4-6-26(14-20(32)33)8-10-28(16-22(36)37)11-9-27(7-5-25)15-21(34)35;/h12H,2-11,13-16H2,1H3,(H,23,31)(H,32,33)(H,34,35)(H,36,37);/i;1-2. The Hall–Kier alpha value is -3.03. The zero-order valence-corrected chi connectivity index (χ0v) is 24.9. The number of nitro groups is 1. The molecule has 1 amide bonds. The minimum Gasteiger partial charge on any atom is -0.480 e. The van der Waals surface area contributed by atoms with Crippen molar-refractivity contribution in [2.45, 2.75) is 13.5 Å². The van der Waals surface area contributed by atoms with E-state index in [1.54, 1.807) is 26.5 Å². The van der Waals surface area contributed by atoms with Crippen molar-refractivity contribution in [2.75, 3.05) is 85.1 Å². The Labute approximate surface area is 243 Å². The van der Waals surface area contributed by atoms with Crippen LogP contribution in [0.3, 0.4) is 0 Å². The van der Waals surface area contributed by atoms with E-state index < -0.39 is 22.8 Å². The average molecular weight is 625 g/mol. The van der Waals surface area contributed by atoms with Gasteiger partial charge in [-0.25, -0.2) is 9.55 Å². The summed E-state index contributed by atoms with van der Waals surface area (Å²) in [6.45, 7) is 3.42. The van der Waals surface area contributed by atoms with Crippen LogP contribution >= 0.6 is 0 Å². The topological polar surface area (TPSA) is 215 Å². The minimum absolute atomic E-state index is 0. The van der Waals surface area contributed by atoms with Gasteiger partial charge in [0, 0.05) is 79.1 Å². The Bertz CT molecular complexity index is 992. The molecule has 0 saturated carbocycles. The van der Waals surface area contributed by atoms with Crippen molar-refractivity contribution in [2.24, 2.45) is 0 Å². The molecule has 17 nitrogen and oxygen atoms in total. The molecular weight excluding hydrogens is 588 g/mol. The number of carboxylic acids is 3. The van der Waals surface area contributed by atoms with Crippen LogP contribution in [-0.2, 0) is 25.7 Å². The largest absolute Gasteiger partial charge is 0.480 e. The van der Waals surface area contributed by atoms with Crippen LogP contribution in [0.5, 0.6) is 0 Å². The molecule has 0 bridgehead atoms. The zero-order valence-electron chi connectivity index (χ0n) is 22.5. The molecule has 1 fully saturated rings. The summed E-state index contributed by atoms with van der Waals surface area (Å²) in [5, 5.41) is 41.7. The van der Waals surface area contributed by atoms with Gasteiger partial charge < -0.3 is 30.8 Å². The fourth-order valence-electron chi connectivity index (χ4n) is 4.23. The summed E-state index contributed by atoms with van der Waals surface area (Å²) in [5.74, 6) is -3.18. The number of hydrogen-bond donors (Lipinski definition) is 4. The maximum atomic E-state index is 12.7. The van der Waals surface area contributed by atoms with Gasteiger partial charge in [0.15, 0.2) is 5.82 Å². The molecule has 0 unspecified atom stereocenters. The number of carbonyl (C=O) groups excluding carboxylic acids is 1. The molecule has 2 heterocycles. The quantitative estimate of drug-likeness (QED) is 0.106. The number of rotatable bonds is 12. The van der Waals surface area contributed by atoms with Crippen LogP contribution in [0, 0.1) is 17.0 Å². The van der Waals surface area contributed by atoms with Gasteiger partial charge in [-0.3, -0.25) is 38.8 Å². The first-order valence-corrected chi connectivity index (χ1v) is 12.4. The van der Waals surface area contributed by atoms with E-state index in [0.717, 1.165) is 6.20 Å². The van der Waals surface area contributed by atoms with Crippen molar-refractivity contribution >= 4 is 49.4 Å². The molecule has 1 aliphatic heterocycles. The van der Waals surface area contributed by atoms with Crippen LogP contribution in [0.4, 0.5) is 5.82 Å². The van der Waals surface area contributed by atoms with Gasteiger partial charge in [0.05, 0.1) is 32.7 Å². The molecule has 0 spiro atoms. The number of nitrogens with one attached hydrogen (secondary N) is 1. The Morgan fingerprint density at radius 1 is 0.825 bits per heavy atom. The van der Waals surface area contributed by atoms with Gasteiger partial charge in [-0.05, 0) is 4.92 Å². The van der Waals surface area contributed by atoms with E-state index in [2.05, 4.69) is 10.3 Å². The second kappa shape index (κ2) is 17.6. The molecule has 1 aromatic heterocycles. The van der Waals surface area contributed by atoms with Gasteiger partial charge in [-0.1, -0.05) is 0 Å². The van der Waals surface area contributed by atoms with Crippen molar-refractivity contribution < 1.29 is 39.4 Å². The first-order valence-electron chi connectivity index (χ1n) is 12.4. The Balaban J connectivity index is 0.00000800. The van der Waals surface area contributed by atoms with Gasteiger partial charge in [0.2, 0.25) is 5.91 Å². The van der Waals surface area contributed by atoms with Crippen LogP contribution < -0.4 is 5.32 Å². The molecule has 1 aromatic rings. The second-order valence-corrected chi connectivity index (χ2v) is 9.21. The number of amides is 1. The van der Waals surface area contributed by atoms with Crippen LogP contribution in [-0.4, -0.2) is 178 Å². The molecule has 3 radical (unpaired) electrons. The molecule has 1 aliphatic rings. The molecule has 0 aliphatic carbocycles. The number of imidazole rings is 1. The van der Waals surface area contributed by atoms with Crippen molar-refractivity contribution in [3.05, 3.63) is 22.1 Å². The number of aromatic nitrogens is 2. The van der Waals surface area contributed by atoms with Crippen molar-refractivity contribution in [1.29, 1.82) is 0 Å². The van der Waals surface area contributed by atoms with E-state index in [1.807, 2.05) is 0 Å². The molecule has 0 aromatic carbocycles. The van der Waals surface area contributed by atoms with Gasteiger partial charge in [-0.15, -0.1) is 0 Å². The van der Waals surface area contributed by atoms with Gasteiger partial charge in [-0.2, -0.15) is 0 Å². The third-order valence-corrected chi connectivity index (χ3v) is 6.25. The summed E-state index contributed by atoms with van der Waals surface area (Å²) in [6, 6.07) is 0. The average Bonchev–Trinajstić information content (AvgIpc) is 3.20. The third-order valence-electron chi connectivity index (χ3n) is 6.25. The van der Waals surface area contributed by atoms with Gasteiger partial charge >= 0.3 is 23.7 Å². The van der Waals surface area contributed by atoms with E-state index in [0.29, 0.717) is 32.0 Å². The van der Waals surface area contributed by atoms with Crippen LogP contribution in [0.15, 0.2) is 6.20 Å². The Morgan fingerprint density at radius 2 is 1.20 bits per heavy atom. The summed E-state index contributed by atoms with van der Waals surface area (Å²) in [6.07, 6.45) is 1.15. The number of nitrogens with zero attached hydrogens (tertiary/aromatic N) is 7. The van der Waals surface area contributed by atoms with Crippen LogP contribution in [0.2, 0.25) is 0 Å². The molecule has 0 atom stereocenters. The fraction of sp³-hybridized carbons (Fsp3) is 0.682. The SMILES string of the molecule is Cc1ncc([N+](=O)[O-])n1CCNC(=O)CN1CCN(CC(=O)O)CCN(CC(=O)O)CCN(CC(=O)O)CC1.[68Ga]. The normalized spacial score (nSPS) is 16.7. The van der Waals surface area contributed by atoms with Crippen molar-refractivity contribution in [3.8, 4) is 0 Å². The Kier molecular flexibility index (Phi) is 15.4. The van der Waals surface area contributed by atoms with E-state index in [4.69, 9.17) is 0 Å². The third kappa shape index (κ3) is 12.9. The molecule has 1 saturated heterocycles. The summed E-state index contributed by atoms with van der Waals surface area (Å²) >= 11 is 0. The number of aryl methyl sites for hydroxylation is 1. The predicted octanol–water partition coefficient (Wildman–Crippen LogP) is -2.69. The maximum absolute atomic E-state index is 12.7. The maximum Gasteiger partial charge on any atom is 0.342 e. The molecule has 18 heteroatoms. The smallest absolute Gasteiger partial charge is 0.342 e. The van der Waals surface area contributed by atoms with Gasteiger partial charge in [0.25, 0.3) is 0 Å². The molecule has 2 rings (SSSR count). The van der Waals surface area contributed by atoms with E-state index >= 15 is 0 Å². The molecule has 221 valence electrons. The first-order chi connectivity index (χ1) is 18.4.